The maximum Gasteiger partial charge on any atom is 0.279 e. The summed E-state index contributed by atoms with van der Waals surface area (Å²) in [5, 5.41) is 5.72. The van der Waals surface area contributed by atoms with Gasteiger partial charge in [-0.05, 0) is 31.2 Å². The third-order valence-electron chi connectivity index (χ3n) is 5.03. The summed E-state index contributed by atoms with van der Waals surface area (Å²) in [4.78, 5) is 13.9. The largest absolute Gasteiger partial charge is 0.333 e. The first-order valence-electron chi connectivity index (χ1n) is 9.41. The Hall–Kier alpha value is -1.88. The lowest BCUT2D eigenvalue weighted by Gasteiger charge is -2.13. The highest BCUT2D eigenvalue weighted by Gasteiger charge is 2.15. The van der Waals surface area contributed by atoms with E-state index in [2.05, 4.69) is 24.4 Å². The van der Waals surface area contributed by atoms with Gasteiger partial charge in [0.2, 0.25) is 0 Å². The minimum atomic E-state index is 0.0109. The van der Waals surface area contributed by atoms with Gasteiger partial charge in [-0.2, -0.15) is 0 Å². The van der Waals surface area contributed by atoms with E-state index in [1.807, 2.05) is 41.7 Å². The van der Waals surface area contributed by atoms with Crippen molar-refractivity contribution in [2.45, 2.75) is 32.4 Å². The molecule has 1 aliphatic rings. The van der Waals surface area contributed by atoms with E-state index in [0.29, 0.717) is 6.54 Å². The van der Waals surface area contributed by atoms with E-state index in [1.54, 1.807) is 4.90 Å². The third-order valence-corrected chi connectivity index (χ3v) is 5.27. The predicted octanol–water partition coefficient (Wildman–Crippen LogP) is 1.78. The molecular weight excluding hydrogens is 346 g/mol. The highest BCUT2D eigenvalue weighted by molar-refractivity contribution is 6.30. The number of halogens is 1. The first-order valence-corrected chi connectivity index (χ1v) is 9.79. The summed E-state index contributed by atoms with van der Waals surface area (Å²) in [7, 11) is 0. The number of amides is 1. The molecule has 0 unspecified atom stereocenters. The van der Waals surface area contributed by atoms with Gasteiger partial charge < -0.3 is 15.5 Å². The zero-order chi connectivity index (χ0) is 18.4. The second-order valence-corrected chi connectivity index (χ2v) is 7.60. The van der Waals surface area contributed by atoms with Gasteiger partial charge in [-0.25, -0.2) is 0 Å². The van der Waals surface area contributed by atoms with E-state index < -0.39 is 0 Å². The van der Waals surface area contributed by atoms with Crippen LogP contribution in [0, 0.1) is 0 Å². The first kappa shape index (κ1) is 18.9. The van der Waals surface area contributed by atoms with Gasteiger partial charge >= 0.3 is 0 Å². The number of benzene rings is 2. The van der Waals surface area contributed by atoms with Crippen molar-refractivity contribution in [1.82, 2.24) is 0 Å². The molecule has 2 aromatic rings. The molecule has 3 rings (SSSR count). The Labute approximate surface area is 160 Å². The average molecular weight is 374 g/mol. The van der Waals surface area contributed by atoms with Crippen LogP contribution >= 0.6 is 11.6 Å². The fraction of sp³-hybridized carbons (Fsp3) is 0.381. The number of anilines is 1. The van der Waals surface area contributed by atoms with Crippen LogP contribution in [-0.2, 0) is 11.3 Å². The van der Waals surface area contributed by atoms with Gasteiger partial charge in [0.05, 0.1) is 13.1 Å². The van der Waals surface area contributed by atoms with Crippen molar-refractivity contribution in [3.63, 3.8) is 0 Å². The van der Waals surface area contributed by atoms with E-state index in [-0.39, 0.29) is 11.9 Å². The highest BCUT2D eigenvalue weighted by atomic mass is 35.5. The van der Waals surface area contributed by atoms with Crippen LogP contribution in [0.4, 0.5) is 5.69 Å². The number of hydrogen-bond donors (Lipinski definition) is 3. The van der Waals surface area contributed by atoms with Crippen molar-refractivity contribution in [2.24, 2.45) is 0 Å². The van der Waals surface area contributed by atoms with Gasteiger partial charge in [0.25, 0.3) is 5.91 Å². The maximum absolute atomic E-state index is 12.2. The summed E-state index contributed by atoms with van der Waals surface area (Å²) < 4.78 is 0. The lowest BCUT2D eigenvalue weighted by atomic mass is 10.1. The smallest absolute Gasteiger partial charge is 0.279 e. The average Bonchev–Trinajstić information content (AvgIpc) is 3.14. The number of nitrogens with two attached hydrogens (primary N) is 1. The molecule has 0 spiro atoms. The Morgan fingerprint density at radius 1 is 1.19 bits per heavy atom. The molecule has 0 aliphatic carbocycles. The van der Waals surface area contributed by atoms with Crippen LogP contribution in [0.25, 0.3) is 0 Å². The predicted molar refractivity (Wildman–Crippen MR) is 105 cm³/mol. The molecule has 0 bridgehead atoms. The normalized spacial score (nSPS) is 15.8. The molecule has 5 heteroatoms. The van der Waals surface area contributed by atoms with Crippen molar-refractivity contribution < 1.29 is 15.0 Å². The van der Waals surface area contributed by atoms with Crippen LogP contribution in [0.2, 0.25) is 5.02 Å². The molecule has 0 saturated carbocycles. The van der Waals surface area contributed by atoms with Crippen LogP contribution in [0.5, 0.6) is 0 Å². The fourth-order valence-electron chi connectivity index (χ4n) is 3.47. The molecule has 1 saturated heterocycles. The van der Waals surface area contributed by atoms with Crippen molar-refractivity contribution in [3.05, 3.63) is 64.7 Å². The Kier molecular flexibility index (Phi) is 6.67. The maximum atomic E-state index is 12.2. The second-order valence-electron chi connectivity index (χ2n) is 7.16. The summed E-state index contributed by atoms with van der Waals surface area (Å²) >= 11 is 6.03. The number of likely N-dealkylation sites (tertiary alicyclic amines) is 1. The Morgan fingerprint density at radius 2 is 1.92 bits per heavy atom. The fourth-order valence-corrected chi connectivity index (χ4v) is 3.67. The molecule has 1 fully saturated rings. The van der Waals surface area contributed by atoms with Crippen LogP contribution in [0.1, 0.15) is 36.9 Å². The van der Waals surface area contributed by atoms with Crippen LogP contribution in [0.15, 0.2) is 48.5 Å². The van der Waals surface area contributed by atoms with Gasteiger partial charge in [0.15, 0.2) is 6.54 Å². The number of quaternary nitrogens is 2. The summed E-state index contributed by atoms with van der Waals surface area (Å²) in [6.07, 6.45) is 2.68. The van der Waals surface area contributed by atoms with E-state index >= 15 is 0 Å². The van der Waals surface area contributed by atoms with E-state index in [9.17, 15) is 4.79 Å². The molecule has 4 nitrogen and oxygen atoms in total. The van der Waals surface area contributed by atoms with Crippen LogP contribution in [-0.4, -0.2) is 25.5 Å². The van der Waals surface area contributed by atoms with Crippen LogP contribution < -0.4 is 15.5 Å². The molecule has 4 N–H and O–H groups in total. The van der Waals surface area contributed by atoms with Gasteiger partial charge in [-0.1, -0.05) is 35.9 Å². The molecule has 0 aromatic heterocycles. The van der Waals surface area contributed by atoms with Gasteiger partial charge in [-0.15, -0.1) is 0 Å². The monoisotopic (exact) mass is 373 g/mol. The summed E-state index contributed by atoms with van der Waals surface area (Å²) in [6, 6.07) is 16.2. The Bertz CT molecular complexity index is 726. The molecule has 26 heavy (non-hydrogen) atoms. The molecule has 2 aromatic carbocycles. The topological polar surface area (TPSA) is 50.1 Å². The van der Waals surface area contributed by atoms with Gasteiger partial charge in [0, 0.05) is 34.7 Å². The molecular formula is C21H28ClN3O+2. The molecule has 0 radical (unpaired) electrons. The highest BCUT2D eigenvalue weighted by Crippen LogP contribution is 2.14. The van der Waals surface area contributed by atoms with Crippen LogP contribution in [0.3, 0.4) is 0 Å². The second kappa shape index (κ2) is 9.17. The van der Waals surface area contributed by atoms with Gasteiger partial charge in [-0.3, -0.25) is 4.79 Å². The van der Waals surface area contributed by atoms with Crippen molar-refractivity contribution >= 4 is 23.2 Å². The summed E-state index contributed by atoms with van der Waals surface area (Å²) in [5.41, 5.74) is 3.32. The SMILES string of the molecule is C[C@@H]([NH2+]CC(=O)Nc1ccc(C[NH+]2CCCC2)cc1)c1cccc(Cl)c1. The number of hydrogen-bond acceptors (Lipinski definition) is 1. The third kappa shape index (κ3) is 5.56. The number of carbonyl (C=O) groups is 1. The minimum absolute atomic E-state index is 0.0109. The lowest BCUT2D eigenvalue weighted by molar-refractivity contribution is -0.901. The lowest BCUT2D eigenvalue weighted by Crippen LogP contribution is -3.08. The van der Waals surface area contributed by atoms with E-state index in [4.69, 9.17) is 11.6 Å². The zero-order valence-electron chi connectivity index (χ0n) is 15.3. The summed E-state index contributed by atoms with van der Waals surface area (Å²) in [6.45, 7) is 6.10. The Balaban J connectivity index is 1.45. The first-order chi connectivity index (χ1) is 12.6. The molecule has 1 aliphatic heterocycles. The molecule has 138 valence electrons. The van der Waals surface area contributed by atoms with Crippen molar-refractivity contribution in [3.8, 4) is 0 Å². The van der Waals surface area contributed by atoms with Gasteiger partial charge in [0.1, 0.15) is 12.6 Å². The minimum Gasteiger partial charge on any atom is -0.333 e. The molecule has 1 amide bonds. The van der Waals surface area contributed by atoms with Crippen molar-refractivity contribution in [2.75, 3.05) is 25.0 Å². The standard InChI is InChI=1S/C21H26ClN3O/c1-16(18-5-4-6-19(22)13-18)23-14-21(26)24-20-9-7-17(8-10-20)15-25-11-2-3-12-25/h4-10,13,16,23H,2-3,11-12,14-15H2,1H3,(H,24,26)/p+2/t16-/m1/s1. The number of nitrogens with one attached hydrogen (secondary N) is 2. The molecule has 1 heterocycles. The van der Waals surface area contributed by atoms with Crippen molar-refractivity contribution in [1.29, 1.82) is 0 Å². The zero-order valence-corrected chi connectivity index (χ0v) is 16.1. The quantitative estimate of drug-likeness (QED) is 0.680. The van der Waals surface area contributed by atoms with E-state index in [0.717, 1.165) is 22.8 Å². The van der Waals surface area contributed by atoms with E-state index in [1.165, 1.54) is 31.5 Å². The summed E-state index contributed by atoms with van der Waals surface area (Å²) in [5.74, 6) is 0.0109. The molecule has 1 atom stereocenters. The Morgan fingerprint density at radius 3 is 2.62 bits per heavy atom. The number of rotatable bonds is 7. The number of carbonyl (C=O) groups excluding carboxylic acids is 1.